The van der Waals surface area contributed by atoms with Gasteiger partial charge in [0.25, 0.3) is 0 Å². The summed E-state index contributed by atoms with van der Waals surface area (Å²) in [6.07, 6.45) is 4.98. The number of aliphatic hydroxyl groups is 1. The van der Waals surface area contributed by atoms with Crippen LogP contribution in [0.4, 0.5) is 0 Å². The Morgan fingerprint density at radius 1 is 1.13 bits per heavy atom. The van der Waals surface area contributed by atoms with E-state index in [-0.39, 0.29) is 5.54 Å². The summed E-state index contributed by atoms with van der Waals surface area (Å²) in [6, 6.07) is 8.20. The molecule has 0 saturated heterocycles. The van der Waals surface area contributed by atoms with Gasteiger partial charge in [-0.1, -0.05) is 24.3 Å². The zero-order valence-corrected chi connectivity index (χ0v) is 8.87. The number of rotatable bonds is 3. The summed E-state index contributed by atoms with van der Waals surface area (Å²) in [7, 11) is 0. The molecule has 0 spiro atoms. The SMILES string of the molecule is NC1(Cc2ccccc2C2(O)CC2)CC1. The number of benzene rings is 1. The molecular formula is C13H17NO. The first-order valence-corrected chi connectivity index (χ1v) is 5.71. The molecular weight excluding hydrogens is 186 g/mol. The molecule has 0 unspecified atom stereocenters. The Bertz CT molecular complexity index is 391. The molecule has 1 aromatic carbocycles. The van der Waals surface area contributed by atoms with Gasteiger partial charge < -0.3 is 10.8 Å². The van der Waals surface area contributed by atoms with E-state index >= 15 is 0 Å². The van der Waals surface area contributed by atoms with Crippen molar-refractivity contribution in [3.05, 3.63) is 35.4 Å². The minimum Gasteiger partial charge on any atom is -0.385 e. The summed E-state index contributed by atoms with van der Waals surface area (Å²) in [5.74, 6) is 0. The largest absolute Gasteiger partial charge is 0.385 e. The van der Waals surface area contributed by atoms with Crippen molar-refractivity contribution in [2.45, 2.75) is 43.2 Å². The molecule has 2 heteroatoms. The monoisotopic (exact) mass is 203 g/mol. The fraction of sp³-hybridized carbons (Fsp3) is 0.538. The lowest BCUT2D eigenvalue weighted by molar-refractivity contribution is 0.150. The van der Waals surface area contributed by atoms with E-state index in [2.05, 4.69) is 6.07 Å². The normalized spacial score (nSPS) is 24.9. The van der Waals surface area contributed by atoms with E-state index in [4.69, 9.17) is 5.73 Å². The van der Waals surface area contributed by atoms with Crippen LogP contribution in [0.2, 0.25) is 0 Å². The van der Waals surface area contributed by atoms with Crippen molar-refractivity contribution >= 4 is 0 Å². The van der Waals surface area contributed by atoms with Crippen LogP contribution < -0.4 is 5.73 Å². The van der Waals surface area contributed by atoms with Crippen LogP contribution in [0, 0.1) is 0 Å². The van der Waals surface area contributed by atoms with Crippen molar-refractivity contribution in [1.82, 2.24) is 0 Å². The van der Waals surface area contributed by atoms with Gasteiger partial charge in [0.15, 0.2) is 0 Å². The van der Waals surface area contributed by atoms with Crippen molar-refractivity contribution < 1.29 is 5.11 Å². The highest BCUT2D eigenvalue weighted by atomic mass is 16.3. The van der Waals surface area contributed by atoms with E-state index < -0.39 is 5.60 Å². The lowest BCUT2D eigenvalue weighted by Crippen LogP contribution is -2.26. The first-order chi connectivity index (χ1) is 7.11. The van der Waals surface area contributed by atoms with Crippen LogP contribution in [-0.2, 0) is 12.0 Å². The van der Waals surface area contributed by atoms with E-state index in [1.165, 1.54) is 5.56 Å². The van der Waals surface area contributed by atoms with Gasteiger partial charge in [0.05, 0.1) is 5.60 Å². The molecule has 2 aliphatic carbocycles. The molecule has 15 heavy (non-hydrogen) atoms. The highest BCUT2D eigenvalue weighted by molar-refractivity contribution is 5.37. The molecule has 3 rings (SSSR count). The van der Waals surface area contributed by atoms with Crippen LogP contribution in [0.3, 0.4) is 0 Å². The summed E-state index contributed by atoms with van der Waals surface area (Å²) in [5.41, 5.74) is 7.99. The molecule has 2 saturated carbocycles. The maximum atomic E-state index is 10.2. The van der Waals surface area contributed by atoms with Crippen LogP contribution in [0.25, 0.3) is 0 Å². The lowest BCUT2D eigenvalue weighted by atomic mass is 9.95. The van der Waals surface area contributed by atoms with Gasteiger partial charge in [0.1, 0.15) is 0 Å². The molecule has 0 bridgehead atoms. The highest BCUT2D eigenvalue weighted by Gasteiger charge is 2.45. The lowest BCUT2D eigenvalue weighted by Gasteiger charge is -2.16. The maximum Gasteiger partial charge on any atom is 0.0901 e. The van der Waals surface area contributed by atoms with Gasteiger partial charge in [0.2, 0.25) is 0 Å². The fourth-order valence-corrected chi connectivity index (χ4v) is 2.23. The van der Waals surface area contributed by atoms with Gasteiger partial charge in [-0.05, 0) is 43.2 Å². The molecule has 2 aliphatic rings. The van der Waals surface area contributed by atoms with E-state index in [0.717, 1.165) is 37.7 Å². The fourth-order valence-electron chi connectivity index (χ4n) is 2.23. The molecule has 0 atom stereocenters. The third-order valence-electron chi connectivity index (χ3n) is 3.68. The van der Waals surface area contributed by atoms with E-state index in [0.29, 0.717) is 0 Å². The van der Waals surface area contributed by atoms with Gasteiger partial charge in [-0.3, -0.25) is 0 Å². The summed E-state index contributed by atoms with van der Waals surface area (Å²) in [5, 5.41) is 10.2. The predicted octanol–water partition coefficient (Wildman–Crippen LogP) is 1.70. The second-order valence-corrected chi connectivity index (χ2v) is 5.23. The second kappa shape index (κ2) is 2.83. The first-order valence-electron chi connectivity index (χ1n) is 5.71. The minimum atomic E-state index is -0.526. The Morgan fingerprint density at radius 3 is 2.40 bits per heavy atom. The summed E-state index contributed by atoms with van der Waals surface area (Å²) in [4.78, 5) is 0. The number of hydrogen-bond acceptors (Lipinski definition) is 2. The summed E-state index contributed by atoms with van der Waals surface area (Å²) in [6.45, 7) is 0. The molecule has 0 radical (unpaired) electrons. The highest BCUT2D eigenvalue weighted by Crippen LogP contribution is 2.48. The standard InChI is InChI=1S/C13H17NO/c14-12(5-6-12)9-10-3-1-2-4-11(10)13(15)7-8-13/h1-4,15H,5-9,14H2. The van der Waals surface area contributed by atoms with Crippen LogP contribution in [-0.4, -0.2) is 10.6 Å². The van der Waals surface area contributed by atoms with Gasteiger partial charge in [0, 0.05) is 5.54 Å². The second-order valence-electron chi connectivity index (χ2n) is 5.23. The van der Waals surface area contributed by atoms with Crippen molar-refractivity contribution in [2.75, 3.05) is 0 Å². The van der Waals surface area contributed by atoms with Gasteiger partial charge in [-0.2, -0.15) is 0 Å². The van der Waals surface area contributed by atoms with Crippen LogP contribution in [0.15, 0.2) is 24.3 Å². The smallest absolute Gasteiger partial charge is 0.0901 e. The molecule has 1 aromatic rings. The van der Waals surface area contributed by atoms with Crippen molar-refractivity contribution in [3.8, 4) is 0 Å². The van der Waals surface area contributed by atoms with Gasteiger partial charge in [-0.15, -0.1) is 0 Å². The average molecular weight is 203 g/mol. The Morgan fingerprint density at radius 2 is 1.80 bits per heavy atom. The zero-order chi connectivity index (χ0) is 10.5. The van der Waals surface area contributed by atoms with Crippen LogP contribution >= 0.6 is 0 Å². The number of hydrogen-bond donors (Lipinski definition) is 2. The van der Waals surface area contributed by atoms with Crippen molar-refractivity contribution in [2.24, 2.45) is 5.73 Å². The quantitative estimate of drug-likeness (QED) is 0.785. The van der Waals surface area contributed by atoms with E-state index in [1.54, 1.807) is 0 Å². The zero-order valence-electron chi connectivity index (χ0n) is 8.87. The van der Waals surface area contributed by atoms with E-state index in [1.807, 2.05) is 18.2 Å². The first kappa shape index (κ1) is 9.37. The van der Waals surface area contributed by atoms with E-state index in [9.17, 15) is 5.11 Å². The predicted molar refractivity (Wildman–Crippen MR) is 59.4 cm³/mol. The van der Waals surface area contributed by atoms with Crippen molar-refractivity contribution in [3.63, 3.8) is 0 Å². The molecule has 0 amide bonds. The Kier molecular flexibility index (Phi) is 1.77. The van der Waals surface area contributed by atoms with Crippen LogP contribution in [0.5, 0.6) is 0 Å². The summed E-state index contributed by atoms with van der Waals surface area (Å²) < 4.78 is 0. The Balaban J connectivity index is 1.92. The topological polar surface area (TPSA) is 46.2 Å². The van der Waals surface area contributed by atoms with Gasteiger partial charge >= 0.3 is 0 Å². The number of nitrogens with two attached hydrogens (primary N) is 1. The molecule has 0 aliphatic heterocycles. The molecule has 0 aromatic heterocycles. The third kappa shape index (κ3) is 1.68. The average Bonchev–Trinajstić information content (AvgIpc) is 3.10. The maximum absolute atomic E-state index is 10.2. The molecule has 3 N–H and O–H groups in total. The minimum absolute atomic E-state index is 0.0291. The molecule has 80 valence electrons. The Labute approximate surface area is 90.1 Å². The van der Waals surface area contributed by atoms with Gasteiger partial charge in [-0.25, -0.2) is 0 Å². The third-order valence-corrected chi connectivity index (χ3v) is 3.68. The van der Waals surface area contributed by atoms with Crippen molar-refractivity contribution in [1.29, 1.82) is 0 Å². The molecule has 2 fully saturated rings. The molecule has 2 nitrogen and oxygen atoms in total. The molecule has 0 heterocycles. The van der Waals surface area contributed by atoms with Crippen LogP contribution in [0.1, 0.15) is 36.8 Å². The summed E-state index contributed by atoms with van der Waals surface area (Å²) >= 11 is 0. The Hall–Kier alpha value is -0.860.